The molecule has 2 atom stereocenters. The number of hydrogen-bond donors (Lipinski definition) is 3. The summed E-state index contributed by atoms with van der Waals surface area (Å²) in [7, 11) is 0. The first-order chi connectivity index (χ1) is 7.91. The highest BCUT2D eigenvalue weighted by Gasteiger charge is 2.22. The summed E-state index contributed by atoms with van der Waals surface area (Å²) >= 11 is 6.72. The molecule has 0 aliphatic carbocycles. The van der Waals surface area contributed by atoms with Crippen LogP contribution in [0.3, 0.4) is 0 Å². The molecule has 17 heavy (non-hydrogen) atoms. The van der Waals surface area contributed by atoms with Crippen LogP contribution < -0.4 is 5.73 Å². The molecule has 0 aromatic carbocycles. The Bertz CT molecular complexity index is 417. The quantitative estimate of drug-likeness (QED) is 0.710. The first-order valence-electron chi connectivity index (χ1n) is 4.82. The average Bonchev–Trinajstić information content (AvgIpc) is 2.28. The van der Waals surface area contributed by atoms with E-state index in [4.69, 9.17) is 17.3 Å². The minimum absolute atomic E-state index is 0.0820. The number of aromatic nitrogens is 1. The van der Waals surface area contributed by atoms with Gasteiger partial charge in [-0.25, -0.2) is 4.98 Å². The van der Waals surface area contributed by atoms with Crippen LogP contribution in [0.15, 0.2) is 12.3 Å². The molecule has 0 spiro atoms. The molecule has 7 heteroatoms. The molecule has 2 unspecified atom stereocenters. The number of halogens is 1. The Morgan fingerprint density at radius 1 is 1.65 bits per heavy atom. The van der Waals surface area contributed by atoms with Crippen LogP contribution in [0.5, 0.6) is 0 Å². The Hall–Kier alpha value is -0.820. The summed E-state index contributed by atoms with van der Waals surface area (Å²) in [5, 5.41) is 19.5. The third-order valence-electron chi connectivity index (χ3n) is 2.03. The first kappa shape index (κ1) is 14.2. The van der Waals surface area contributed by atoms with E-state index in [2.05, 4.69) is 4.98 Å². The summed E-state index contributed by atoms with van der Waals surface area (Å²) in [5.41, 5.74) is 6.11. The van der Waals surface area contributed by atoms with Gasteiger partial charge >= 0.3 is 0 Å². The molecular formula is C10H13ClN2O3S. The maximum atomic E-state index is 10.7. The lowest BCUT2D eigenvalue weighted by Gasteiger charge is -2.18. The molecule has 4 N–H and O–H groups in total. The minimum Gasteiger partial charge on any atom is -0.397 e. The number of rotatable bonds is 4. The van der Waals surface area contributed by atoms with Crippen LogP contribution in [0, 0.1) is 0 Å². The largest absolute Gasteiger partial charge is 0.397 e. The van der Waals surface area contributed by atoms with Gasteiger partial charge < -0.3 is 15.9 Å². The van der Waals surface area contributed by atoms with Crippen molar-refractivity contribution in [2.24, 2.45) is 0 Å². The van der Waals surface area contributed by atoms with Gasteiger partial charge in [-0.1, -0.05) is 23.4 Å². The van der Waals surface area contributed by atoms with Gasteiger partial charge in [0.2, 0.25) is 0 Å². The van der Waals surface area contributed by atoms with Crippen molar-refractivity contribution in [1.29, 1.82) is 0 Å². The van der Waals surface area contributed by atoms with Crippen LogP contribution in [0.1, 0.15) is 18.6 Å². The van der Waals surface area contributed by atoms with Crippen LogP contribution in [0.4, 0.5) is 5.69 Å². The monoisotopic (exact) mass is 276 g/mol. The van der Waals surface area contributed by atoms with Crippen LogP contribution in [-0.4, -0.2) is 32.2 Å². The second-order valence-electron chi connectivity index (χ2n) is 3.46. The van der Waals surface area contributed by atoms with E-state index in [1.807, 2.05) is 0 Å². The highest BCUT2D eigenvalue weighted by atomic mass is 35.5. The van der Waals surface area contributed by atoms with E-state index in [-0.39, 0.29) is 21.6 Å². The van der Waals surface area contributed by atoms with Crippen molar-refractivity contribution in [2.45, 2.75) is 19.1 Å². The molecule has 0 saturated heterocycles. The number of anilines is 1. The molecule has 0 aliphatic heterocycles. The summed E-state index contributed by atoms with van der Waals surface area (Å²) in [6, 6.07) is 1.45. The Morgan fingerprint density at radius 2 is 2.29 bits per heavy atom. The first-order valence-corrected chi connectivity index (χ1v) is 6.18. The van der Waals surface area contributed by atoms with E-state index >= 15 is 0 Å². The Balaban J connectivity index is 2.77. The zero-order valence-corrected chi connectivity index (χ0v) is 10.7. The fourth-order valence-corrected chi connectivity index (χ4v) is 1.99. The third-order valence-corrected chi connectivity index (χ3v) is 3.26. The van der Waals surface area contributed by atoms with Crippen LogP contribution in [0.25, 0.3) is 0 Å². The summed E-state index contributed by atoms with van der Waals surface area (Å²) in [5.74, 6) is 0.0849. The van der Waals surface area contributed by atoms with Gasteiger partial charge in [-0.2, -0.15) is 0 Å². The fourth-order valence-electron chi connectivity index (χ4n) is 1.19. The smallest absolute Gasteiger partial charge is 0.185 e. The van der Waals surface area contributed by atoms with Gasteiger partial charge in [-0.15, -0.1) is 0 Å². The van der Waals surface area contributed by atoms with Gasteiger partial charge in [-0.3, -0.25) is 4.79 Å². The SMILES string of the molecule is CC(=O)SCC(O)C(O)c1cc(N)cnc1Cl. The van der Waals surface area contributed by atoms with E-state index in [1.165, 1.54) is 19.2 Å². The Kier molecular flexibility index (Phi) is 5.20. The van der Waals surface area contributed by atoms with Crippen LogP contribution >= 0.6 is 23.4 Å². The molecule has 1 aromatic rings. The molecule has 5 nitrogen and oxygen atoms in total. The Morgan fingerprint density at radius 3 is 2.88 bits per heavy atom. The number of nitrogens with zero attached hydrogens (tertiary/aromatic N) is 1. The number of hydrogen-bond acceptors (Lipinski definition) is 6. The second-order valence-corrected chi connectivity index (χ2v) is 5.02. The molecule has 0 aliphatic rings. The topological polar surface area (TPSA) is 96.4 Å². The van der Waals surface area contributed by atoms with Crippen molar-refractivity contribution < 1.29 is 15.0 Å². The molecule has 0 bridgehead atoms. The predicted octanol–water partition coefficient (Wildman–Crippen LogP) is 0.991. The van der Waals surface area contributed by atoms with Gasteiger partial charge in [-0.05, 0) is 6.07 Å². The summed E-state index contributed by atoms with van der Waals surface area (Å²) < 4.78 is 0. The number of aliphatic hydroxyl groups excluding tert-OH is 2. The molecule has 1 aromatic heterocycles. The van der Waals surface area contributed by atoms with Crippen molar-refractivity contribution >= 4 is 34.2 Å². The van der Waals surface area contributed by atoms with Gasteiger partial charge in [0.15, 0.2) is 5.12 Å². The molecule has 0 saturated carbocycles. The Labute approximate surface area is 108 Å². The second kappa shape index (κ2) is 6.20. The predicted molar refractivity (Wildman–Crippen MR) is 67.8 cm³/mol. The highest BCUT2D eigenvalue weighted by Crippen LogP contribution is 2.26. The summed E-state index contributed by atoms with van der Waals surface area (Å²) in [4.78, 5) is 14.5. The molecule has 1 rings (SSSR count). The van der Waals surface area contributed by atoms with E-state index in [9.17, 15) is 15.0 Å². The van der Waals surface area contributed by atoms with Crippen molar-refractivity contribution in [3.05, 3.63) is 23.0 Å². The third kappa shape index (κ3) is 4.16. The lowest BCUT2D eigenvalue weighted by atomic mass is 10.1. The maximum Gasteiger partial charge on any atom is 0.185 e. The van der Waals surface area contributed by atoms with Crippen molar-refractivity contribution in [3.8, 4) is 0 Å². The zero-order chi connectivity index (χ0) is 13.0. The molecule has 0 amide bonds. The lowest BCUT2D eigenvalue weighted by molar-refractivity contribution is -0.109. The zero-order valence-electron chi connectivity index (χ0n) is 9.13. The number of pyridine rings is 1. The van der Waals surface area contributed by atoms with Gasteiger partial charge in [0.1, 0.15) is 11.3 Å². The molecular weight excluding hydrogens is 264 g/mol. The van der Waals surface area contributed by atoms with Crippen LogP contribution in [-0.2, 0) is 4.79 Å². The van der Waals surface area contributed by atoms with E-state index in [0.717, 1.165) is 11.8 Å². The minimum atomic E-state index is -1.22. The number of aliphatic hydroxyl groups is 2. The summed E-state index contributed by atoms with van der Waals surface area (Å²) in [6.07, 6.45) is -0.967. The van der Waals surface area contributed by atoms with E-state index in [1.54, 1.807) is 0 Å². The standard InChI is InChI=1S/C10H13ClN2O3S/c1-5(14)17-4-8(15)9(16)7-2-6(12)3-13-10(7)11/h2-3,8-9,15-16H,4,12H2,1H3. The highest BCUT2D eigenvalue weighted by molar-refractivity contribution is 8.13. The van der Waals surface area contributed by atoms with E-state index < -0.39 is 12.2 Å². The number of carbonyl (C=O) groups is 1. The van der Waals surface area contributed by atoms with Crippen molar-refractivity contribution in [1.82, 2.24) is 4.98 Å². The number of thioether (sulfide) groups is 1. The normalized spacial score (nSPS) is 14.4. The molecule has 0 radical (unpaired) electrons. The summed E-state index contributed by atoms with van der Waals surface area (Å²) in [6.45, 7) is 1.39. The number of carbonyl (C=O) groups excluding carboxylic acids is 1. The van der Waals surface area contributed by atoms with Crippen molar-refractivity contribution in [3.63, 3.8) is 0 Å². The van der Waals surface area contributed by atoms with E-state index in [0.29, 0.717) is 5.69 Å². The van der Waals surface area contributed by atoms with Gasteiger partial charge in [0, 0.05) is 18.2 Å². The van der Waals surface area contributed by atoms with Gasteiger partial charge in [0.25, 0.3) is 0 Å². The van der Waals surface area contributed by atoms with Crippen LogP contribution in [0.2, 0.25) is 5.15 Å². The number of nitrogens with two attached hydrogens (primary N) is 1. The maximum absolute atomic E-state index is 10.7. The van der Waals surface area contributed by atoms with Gasteiger partial charge in [0.05, 0.1) is 18.0 Å². The van der Waals surface area contributed by atoms with Crippen molar-refractivity contribution in [2.75, 3.05) is 11.5 Å². The molecule has 1 heterocycles. The number of nitrogen functional groups attached to an aromatic ring is 1. The average molecular weight is 277 g/mol. The molecule has 0 fully saturated rings. The lowest BCUT2D eigenvalue weighted by Crippen LogP contribution is -2.22. The molecule has 94 valence electrons. The fraction of sp³-hybridized carbons (Fsp3) is 0.400.